The number of Topliss-reactive ketones (excluding diaryl/α,β-unsaturated/α-hetero) is 1. The molecule has 0 spiro atoms. The molecule has 0 saturated carbocycles. The van der Waals surface area contributed by atoms with Gasteiger partial charge in [-0.1, -0.05) is 0 Å². The van der Waals surface area contributed by atoms with Crippen molar-refractivity contribution >= 4 is 5.78 Å². The van der Waals surface area contributed by atoms with E-state index in [0.29, 0.717) is 17.9 Å². The average Bonchev–Trinajstić information content (AvgIpc) is 2.56. The lowest BCUT2D eigenvalue weighted by Crippen LogP contribution is -2.49. The first kappa shape index (κ1) is 19.3. The molecule has 1 heterocycles. The number of carbonyl (C=O) groups is 1. The number of ether oxygens (including phenoxy) is 5. The summed E-state index contributed by atoms with van der Waals surface area (Å²) in [4.78, 5) is 12.3. The summed E-state index contributed by atoms with van der Waals surface area (Å²) in [6.45, 7) is 7.11. The largest absolute Gasteiger partial charge is 0.495 e. The van der Waals surface area contributed by atoms with E-state index in [9.17, 15) is 9.90 Å². The molecule has 0 amide bonds. The second-order valence-electron chi connectivity index (χ2n) is 6.30. The Morgan fingerprint density at radius 3 is 2.12 bits per heavy atom. The van der Waals surface area contributed by atoms with Crippen molar-refractivity contribution in [1.82, 2.24) is 0 Å². The molecule has 1 aliphatic heterocycles. The number of fused-ring (bicyclic) bond motifs is 1. The van der Waals surface area contributed by atoms with Crippen LogP contribution in [0.1, 0.15) is 49.7 Å². The van der Waals surface area contributed by atoms with E-state index < -0.39 is 17.8 Å². The van der Waals surface area contributed by atoms with Crippen LogP contribution in [0.4, 0.5) is 0 Å². The number of methoxy groups -OCH3 is 3. The summed E-state index contributed by atoms with van der Waals surface area (Å²) in [6, 6.07) is 0. The van der Waals surface area contributed by atoms with Gasteiger partial charge in [0.05, 0.1) is 26.9 Å². The van der Waals surface area contributed by atoms with Gasteiger partial charge in [0.15, 0.2) is 17.3 Å². The topological polar surface area (TPSA) is 83.5 Å². The monoisotopic (exact) mass is 354 g/mol. The van der Waals surface area contributed by atoms with Crippen molar-refractivity contribution in [3.8, 4) is 23.0 Å². The predicted octanol–water partition coefficient (Wildman–Crippen LogP) is 2.52. The van der Waals surface area contributed by atoms with Crippen LogP contribution in [0.5, 0.6) is 23.0 Å². The number of hydrogen-bond acceptors (Lipinski definition) is 7. The quantitative estimate of drug-likeness (QED) is 0.786. The molecule has 7 heteroatoms. The number of benzene rings is 1. The summed E-state index contributed by atoms with van der Waals surface area (Å²) in [6.07, 6.45) is -1.71. The van der Waals surface area contributed by atoms with Crippen molar-refractivity contribution in [2.45, 2.75) is 45.5 Å². The Kier molecular flexibility index (Phi) is 5.49. The smallest absolute Gasteiger partial charge is 0.204 e. The summed E-state index contributed by atoms with van der Waals surface area (Å²) < 4.78 is 28.2. The molecule has 0 saturated heterocycles. The molecule has 1 aromatic carbocycles. The SMILES string of the molecule is CCO[C@H]1c2c(c(OC)c(OC)c(C(C)=O)c2OC)OC(C)(C)[C@@H]1O. The lowest BCUT2D eigenvalue weighted by atomic mass is 9.86. The fourth-order valence-corrected chi connectivity index (χ4v) is 3.15. The second-order valence-corrected chi connectivity index (χ2v) is 6.30. The van der Waals surface area contributed by atoms with Gasteiger partial charge in [0, 0.05) is 6.61 Å². The lowest BCUT2D eigenvalue weighted by molar-refractivity contribution is -0.134. The zero-order chi connectivity index (χ0) is 18.9. The first-order chi connectivity index (χ1) is 11.7. The van der Waals surface area contributed by atoms with Crippen LogP contribution in [0, 0.1) is 0 Å². The van der Waals surface area contributed by atoms with E-state index in [0.717, 1.165) is 0 Å². The van der Waals surface area contributed by atoms with E-state index >= 15 is 0 Å². The Bertz CT molecular complexity index is 666. The van der Waals surface area contributed by atoms with E-state index in [1.54, 1.807) is 13.8 Å². The molecule has 1 aromatic rings. The number of hydrogen-bond donors (Lipinski definition) is 1. The van der Waals surface area contributed by atoms with Gasteiger partial charge in [-0.3, -0.25) is 4.79 Å². The van der Waals surface area contributed by atoms with Gasteiger partial charge in [-0.05, 0) is 27.7 Å². The molecule has 25 heavy (non-hydrogen) atoms. The van der Waals surface area contributed by atoms with Crippen molar-refractivity contribution in [3.05, 3.63) is 11.1 Å². The van der Waals surface area contributed by atoms with Crippen molar-refractivity contribution in [1.29, 1.82) is 0 Å². The molecule has 2 rings (SSSR count). The summed E-state index contributed by atoms with van der Waals surface area (Å²) in [5.74, 6) is 0.841. The van der Waals surface area contributed by atoms with Gasteiger partial charge in [-0.2, -0.15) is 0 Å². The van der Waals surface area contributed by atoms with Gasteiger partial charge in [0.1, 0.15) is 29.1 Å². The number of ketones is 1. The molecule has 0 bridgehead atoms. The van der Waals surface area contributed by atoms with Gasteiger partial charge in [-0.25, -0.2) is 0 Å². The van der Waals surface area contributed by atoms with E-state index in [4.69, 9.17) is 23.7 Å². The van der Waals surface area contributed by atoms with Gasteiger partial charge < -0.3 is 28.8 Å². The van der Waals surface area contributed by atoms with Crippen LogP contribution in [-0.2, 0) is 4.74 Å². The van der Waals surface area contributed by atoms with Crippen LogP contribution < -0.4 is 18.9 Å². The first-order valence-corrected chi connectivity index (χ1v) is 8.10. The number of aliphatic hydroxyl groups is 1. The highest BCUT2D eigenvalue weighted by atomic mass is 16.6. The molecular formula is C18H26O7. The van der Waals surface area contributed by atoms with Gasteiger partial charge >= 0.3 is 0 Å². The van der Waals surface area contributed by atoms with E-state index in [2.05, 4.69) is 0 Å². The van der Waals surface area contributed by atoms with Gasteiger partial charge in [0.2, 0.25) is 5.75 Å². The number of rotatable bonds is 6. The van der Waals surface area contributed by atoms with E-state index in [-0.39, 0.29) is 28.6 Å². The highest BCUT2D eigenvalue weighted by Gasteiger charge is 2.48. The number of aliphatic hydroxyl groups excluding tert-OH is 1. The second kappa shape index (κ2) is 7.09. The molecule has 1 aliphatic rings. The van der Waals surface area contributed by atoms with Crippen molar-refractivity contribution in [2.24, 2.45) is 0 Å². The molecule has 0 unspecified atom stereocenters. The maximum Gasteiger partial charge on any atom is 0.204 e. The number of carbonyl (C=O) groups excluding carboxylic acids is 1. The highest BCUT2D eigenvalue weighted by Crippen LogP contribution is 2.56. The minimum Gasteiger partial charge on any atom is -0.495 e. The molecular weight excluding hydrogens is 328 g/mol. The highest BCUT2D eigenvalue weighted by molar-refractivity contribution is 6.02. The van der Waals surface area contributed by atoms with Crippen LogP contribution in [0.3, 0.4) is 0 Å². The minimum absolute atomic E-state index is 0.223. The summed E-state index contributed by atoms with van der Waals surface area (Å²) in [5.41, 5.74) is -0.270. The Morgan fingerprint density at radius 2 is 1.68 bits per heavy atom. The third-order valence-corrected chi connectivity index (χ3v) is 4.32. The molecule has 0 radical (unpaired) electrons. The third-order valence-electron chi connectivity index (χ3n) is 4.32. The molecule has 7 nitrogen and oxygen atoms in total. The zero-order valence-corrected chi connectivity index (χ0v) is 15.8. The van der Waals surface area contributed by atoms with Crippen molar-refractivity contribution in [3.63, 3.8) is 0 Å². The van der Waals surface area contributed by atoms with Crippen LogP contribution in [0.2, 0.25) is 0 Å². The predicted molar refractivity (Wildman–Crippen MR) is 91.2 cm³/mol. The summed E-state index contributed by atoms with van der Waals surface area (Å²) in [5, 5.41) is 10.8. The third kappa shape index (κ3) is 3.02. The van der Waals surface area contributed by atoms with Crippen LogP contribution in [-0.4, -0.2) is 50.5 Å². The van der Waals surface area contributed by atoms with Crippen molar-refractivity contribution < 1.29 is 33.6 Å². The van der Waals surface area contributed by atoms with Crippen LogP contribution >= 0.6 is 0 Å². The van der Waals surface area contributed by atoms with Gasteiger partial charge in [-0.15, -0.1) is 0 Å². The van der Waals surface area contributed by atoms with Crippen molar-refractivity contribution in [2.75, 3.05) is 27.9 Å². The molecule has 0 aliphatic carbocycles. The minimum atomic E-state index is -0.966. The standard InChI is InChI=1S/C18H26O7/c1-8-24-15-11-12(21-5)10(9(2)19)13(22-6)16(23-7)14(11)25-18(3,4)17(15)20/h15,17,20H,8H2,1-7H3/t15-,17+/m0/s1. The van der Waals surface area contributed by atoms with Gasteiger partial charge in [0.25, 0.3) is 0 Å². The molecule has 1 N–H and O–H groups in total. The molecule has 0 aromatic heterocycles. The summed E-state index contributed by atoms with van der Waals surface area (Å²) >= 11 is 0. The normalized spacial score (nSPS) is 21.1. The maximum atomic E-state index is 12.3. The maximum absolute atomic E-state index is 12.3. The molecule has 0 fully saturated rings. The Morgan fingerprint density at radius 1 is 1.12 bits per heavy atom. The molecule has 140 valence electrons. The Hall–Kier alpha value is -1.99. The average molecular weight is 354 g/mol. The zero-order valence-electron chi connectivity index (χ0n) is 15.8. The van der Waals surface area contributed by atoms with Crippen LogP contribution in [0.15, 0.2) is 0 Å². The van der Waals surface area contributed by atoms with Crippen LogP contribution in [0.25, 0.3) is 0 Å². The lowest BCUT2D eigenvalue weighted by Gasteiger charge is -2.43. The fourth-order valence-electron chi connectivity index (χ4n) is 3.15. The van der Waals surface area contributed by atoms with E-state index in [1.165, 1.54) is 28.3 Å². The first-order valence-electron chi connectivity index (χ1n) is 8.10. The Balaban J connectivity index is 2.94. The van der Waals surface area contributed by atoms with E-state index in [1.807, 2.05) is 6.92 Å². The fraction of sp³-hybridized carbons (Fsp3) is 0.611. The Labute approximate surface area is 147 Å². The summed E-state index contributed by atoms with van der Waals surface area (Å²) in [7, 11) is 4.35. The molecule has 2 atom stereocenters.